The minimum Gasteiger partial charge on any atom is -0.388 e. The second kappa shape index (κ2) is 3.60. The summed E-state index contributed by atoms with van der Waals surface area (Å²) in [6.07, 6.45) is 4.84. The van der Waals surface area contributed by atoms with E-state index in [9.17, 15) is 5.11 Å². The van der Waals surface area contributed by atoms with E-state index in [0.717, 1.165) is 4.47 Å². The van der Waals surface area contributed by atoms with Gasteiger partial charge in [0.05, 0.1) is 6.10 Å². The Hall–Kier alpha value is -0.340. The highest BCUT2D eigenvalue weighted by Gasteiger charge is 2.40. The quantitative estimate of drug-likeness (QED) is 0.758. The maximum absolute atomic E-state index is 10.3. The normalized spacial score (nSPS) is 33.6. The Kier molecular flexibility index (Phi) is 2.37. The van der Waals surface area contributed by atoms with E-state index in [1.807, 2.05) is 0 Å². The summed E-state index contributed by atoms with van der Waals surface area (Å²) in [7, 11) is 0. The van der Waals surface area contributed by atoms with Crippen molar-refractivity contribution in [1.29, 1.82) is 0 Å². The van der Waals surface area contributed by atoms with Crippen molar-refractivity contribution in [3.05, 3.63) is 33.8 Å². The maximum atomic E-state index is 10.3. The van der Waals surface area contributed by atoms with Gasteiger partial charge in [0.1, 0.15) is 0 Å². The smallest absolute Gasteiger partial charge is 0.0827 e. The van der Waals surface area contributed by atoms with Crippen molar-refractivity contribution in [3.8, 4) is 0 Å². The molecule has 1 aromatic carbocycles. The standard InChI is InChI=1S/C13H15BrO/c14-8-5-6-10-9-3-1-2-4-11(9)13(15)12(10)7-8/h5-7,9,11,13,15H,1-4H2/t9-,11-,13+/m1/s1. The van der Waals surface area contributed by atoms with E-state index in [0.29, 0.717) is 11.8 Å². The summed E-state index contributed by atoms with van der Waals surface area (Å²) in [6, 6.07) is 6.39. The second-order valence-electron chi connectivity index (χ2n) is 4.77. The number of halogens is 1. The summed E-state index contributed by atoms with van der Waals surface area (Å²) in [6.45, 7) is 0. The first-order valence-electron chi connectivity index (χ1n) is 5.75. The van der Waals surface area contributed by atoms with Crippen molar-refractivity contribution in [1.82, 2.24) is 0 Å². The van der Waals surface area contributed by atoms with Gasteiger partial charge in [-0.05, 0) is 47.9 Å². The molecule has 0 saturated heterocycles. The lowest BCUT2D eigenvalue weighted by Gasteiger charge is -2.27. The second-order valence-corrected chi connectivity index (χ2v) is 5.69. The molecule has 1 N–H and O–H groups in total. The van der Waals surface area contributed by atoms with Crippen LogP contribution in [0.3, 0.4) is 0 Å². The zero-order valence-electron chi connectivity index (χ0n) is 8.62. The highest BCUT2D eigenvalue weighted by Crippen LogP contribution is 2.52. The first-order valence-corrected chi connectivity index (χ1v) is 6.54. The molecular formula is C13H15BrO. The van der Waals surface area contributed by atoms with E-state index in [-0.39, 0.29) is 6.10 Å². The van der Waals surface area contributed by atoms with E-state index in [1.165, 1.54) is 36.8 Å². The van der Waals surface area contributed by atoms with Crippen molar-refractivity contribution in [2.24, 2.45) is 5.92 Å². The summed E-state index contributed by atoms with van der Waals surface area (Å²) >= 11 is 3.48. The van der Waals surface area contributed by atoms with Crippen molar-refractivity contribution in [2.45, 2.75) is 37.7 Å². The molecule has 3 atom stereocenters. The fraction of sp³-hybridized carbons (Fsp3) is 0.538. The van der Waals surface area contributed by atoms with Crippen LogP contribution >= 0.6 is 15.9 Å². The molecule has 3 rings (SSSR count). The molecule has 0 bridgehead atoms. The molecule has 80 valence electrons. The van der Waals surface area contributed by atoms with Crippen LogP contribution in [0.1, 0.15) is 48.8 Å². The zero-order chi connectivity index (χ0) is 10.4. The molecular weight excluding hydrogens is 252 g/mol. The molecule has 0 amide bonds. The monoisotopic (exact) mass is 266 g/mol. The molecule has 0 aliphatic heterocycles. The molecule has 2 aliphatic carbocycles. The van der Waals surface area contributed by atoms with Crippen LogP contribution in [-0.4, -0.2) is 5.11 Å². The van der Waals surface area contributed by atoms with Crippen LogP contribution in [0.4, 0.5) is 0 Å². The van der Waals surface area contributed by atoms with Gasteiger partial charge in [0.2, 0.25) is 0 Å². The van der Waals surface area contributed by atoms with E-state index < -0.39 is 0 Å². The van der Waals surface area contributed by atoms with Gasteiger partial charge in [-0.3, -0.25) is 0 Å². The Morgan fingerprint density at radius 3 is 2.80 bits per heavy atom. The lowest BCUT2D eigenvalue weighted by atomic mass is 9.79. The fourth-order valence-electron chi connectivity index (χ4n) is 3.29. The zero-order valence-corrected chi connectivity index (χ0v) is 10.2. The van der Waals surface area contributed by atoms with Crippen molar-refractivity contribution in [2.75, 3.05) is 0 Å². The minimum absolute atomic E-state index is 0.220. The Morgan fingerprint density at radius 1 is 1.13 bits per heavy atom. The molecule has 1 saturated carbocycles. The van der Waals surface area contributed by atoms with E-state index in [4.69, 9.17) is 0 Å². The molecule has 15 heavy (non-hydrogen) atoms. The first-order chi connectivity index (χ1) is 7.27. The van der Waals surface area contributed by atoms with Gasteiger partial charge in [-0.25, -0.2) is 0 Å². The van der Waals surface area contributed by atoms with Crippen LogP contribution in [-0.2, 0) is 0 Å². The molecule has 0 aromatic heterocycles. The summed E-state index contributed by atoms with van der Waals surface area (Å²) in [4.78, 5) is 0. The molecule has 2 heteroatoms. The Bertz CT molecular complexity index is 388. The SMILES string of the molecule is O[C@@H]1c2cc(Br)ccc2[C@H]2CCCC[C@@H]12. The topological polar surface area (TPSA) is 20.2 Å². The molecule has 2 aliphatic rings. The number of fused-ring (bicyclic) bond motifs is 3. The van der Waals surface area contributed by atoms with Gasteiger partial charge in [0.25, 0.3) is 0 Å². The van der Waals surface area contributed by atoms with Gasteiger partial charge in [-0.15, -0.1) is 0 Å². The molecule has 1 fully saturated rings. The summed E-state index contributed by atoms with van der Waals surface area (Å²) in [5, 5.41) is 10.3. The van der Waals surface area contributed by atoms with E-state index in [2.05, 4.69) is 34.1 Å². The third-order valence-corrected chi connectivity index (χ3v) is 4.49. The first kappa shape index (κ1) is 9.86. The van der Waals surface area contributed by atoms with E-state index >= 15 is 0 Å². The highest BCUT2D eigenvalue weighted by atomic mass is 79.9. The maximum Gasteiger partial charge on any atom is 0.0827 e. The fourth-order valence-corrected chi connectivity index (χ4v) is 3.67. The van der Waals surface area contributed by atoms with Gasteiger partial charge in [-0.2, -0.15) is 0 Å². The van der Waals surface area contributed by atoms with Crippen molar-refractivity contribution < 1.29 is 5.11 Å². The van der Waals surface area contributed by atoms with Crippen LogP contribution in [0.15, 0.2) is 22.7 Å². The molecule has 0 radical (unpaired) electrons. The Labute approximate surface area is 98.6 Å². The van der Waals surface area contributed by atoms with Gasteiger partial charge in [0, 0.05) is 4.47 Å². The summed E-state index contributed by atoms with van der Waals surface area (Å²) in [5.74, 6) is 1.11. The summed E-state index contributed by atoms with van der Waals surface area (Å²) < 4.78 is 1.08. The summed E-state index contributed by atoms with van der Waals surface area (Å²) in [5.41, 5.74) is 2.57. The minimum atomic E-state index is -0.220. The number of hydrogen-bond donors (Lipinski definition) is 1. The predicted molar refractivity (Wildman–Crippen MR) is 63.8 cm³/mol. The average molecular weight is 267 g/mol. The van der Waals surface area contributed by atoms with Crippen LogP contribution in [0.5, 0.6) is 0 Å². The van der Waals surface area contributed by atoms with Gasteiger partial charge < -0.3 is 5.11 Å². The predicted octanol–water partition coefficient (Wildman–Crippen LogP) is 3.77. The third-order valence-electron chi connectivity index (χ3n) is 3.99. The molecule has 0 unspecified atom stereocenters. The molecule has 1 aromatic rings. The van der Waals surface area contributed by atoms with Crippen molar-refractivity contribution >= 4 is 15.9 Å². The van der Waals surface area contributed by atoms with Crippen LogP contribution in [0.25, 0.3) is 0 Å². The van der Waals surface area contributed by atoms with Crippen LogP contribution in [0, 0.1) is 5.92 Å². The lowest BCUT2D eigenvalue weighted by molar-refractivity contribution is 0.0907. The number of aliphatic hydroxyl groups is 1. The van der Waals surface area contributed by atoms with Crippen LogP contribution < -0.4 is 0 Å². The number of benzene rings is 1. The van der Waals surface area contributed by atoms with Crippen molar-refractivity contribution in [3.63, 3.8) is 0 Å². The Balaban J connectivity index is 2.07. The Morgan fingerprint density at radius 2 is 1.93 bits per heavy atom. The number of rotatable bonds is 0. The van der Waals surface area contributed by atoms with Crippen LogP contribution in [0.2, 0.25) is 0 Å². The average Bonchev–Trinajstić information content (AvgIpc) is 2.54. The van der Waals surface area contributed by atoms with Gasteiger partial charge >= 0.3 is 0 Å². The lowest BCUT2D eigenvalue weighted by Crippen LogP contribution is -2.16. The van der Waals surface area contributed by atoms with E-state index in [1.54, 1.807) is 0 Å². The van der Waals surface area contributed by atoms with Gasteiger partial charge in [-0.1, -0.05) is 34.8 Å². The highest BCUT2D eigenvalue weighted by molar-refractivity contribution is 9.10. The number of hydrogen-bond acceptors (Lipinski definition) is 1. The number of aliphatic hydroxyl groups excluding tert-OH is 1. The van der Waals surface area contributed by atoms with Gasteiger partial charge in [0.15, 0.2) is 0 Å². The molecule has 0 heterocycles. The molecule has 0 spiro atoms. The largest absolute Gasteiger partial charge is 0.388 e. The third kappa shape index (κ3) is 1.46. The molecule has 1 nitrogen and oxygen atoms in total.